The normalized spacial score (nSPS) is 24.0. The average Bonchev–Trinajstić information content (AvgIpc) is 2.83. The fourth-order valence-electron chi connectivity index (χ4n) is 3.53. The van der Waals surface area contributed by atoms with Gasteiger partial charge in [-0.25, -0.2) is 0 Å². The molecule has 1 aliphatic carbocycles. The number of nitrogens with one attached hydrogen (secondary N) is 1. The van der Waals surface area contributed by atoms with Gasteiger partial charge in [0.15, 0.2) is 0 Å². The van der Waals surface area contributed by atoms with Crippen LogP contribution in [0.5, 0.6) is 0 Å². The first-order chi connectivity index (χ1) is 9.61. The molecule has 1 aromatic rings. The molecule has 1 saturated carbocycles. The van der Waals surface area contributed by atoms with Gasteiger partial charge in [0.05, 0.1) is 0 Å². The zero-order valence-corrected chi connectivity index (χ0v) is 13.8. The second-order valence-electron chi connectivity index (χ2n) is 6.43. The summed E-state index contributed by atoms with van der Waals surface area (Å²) in [5.74, 6) is 1.65. The van der Waals surface area contributed by atoms with Gasteiger partial charge in [0, 0.05) is 11.1 Å². The van der Waals surface area contributed by atoms with Crippen molar-refractivity contribution in [1.82, 2.24) is 5.32 Å². The van der Waals surface area contributed by atoms with Crippen molar-refractivity contribution >= 4 is 11.6 Å². The summed E-state index contributed by atoms with van der Waals surface area (Å²) >= 11 is 6.42. The Labute approximate surface area is 129 Å². The van der Waals surface area contributed by atoms with Gasteiger partial charge in [0.25, 0.3) is 0 Å². The van der Waals surface area contributed by atoms with E-state index in [1.54, 1.807) is 0 Å². The lowest BCUT2D eigenvalue weighted by molar-refractivity contribution is 0.295. The summed E-state index contributed by atoms with van der Waals surface area (Å²) in [6.45, 7) is 7.86. The first-order valence-electron chi connectivity index (χ1n) is 8.10. The van der Waals surface area contributed by atoms with Crippen LogP contribution in [0.3, 0.4) is 0 Å². The van der Waals surface area contributed by atoms with Crippen molar-refractivity contribution in [2.45, 2.75) is 58.9 Å². The second kappa shape index (κ2) is 7.47. The Balaban J connectivity index is 2.10. The molecule has 112 valence electrons. The Kier molecular flexibility index (Phi) is 5.92. The number of hydrogen-bond donors (Lipinski definition) is 1. The molecule has 0 saturated heterocycles. The van der Waals surface area contributed by atoms with E-state index in [-0.39, 0.29) is 0 Å². The van der Waals surface area contributed by atoms with Crippen LogP contribution in [0.4, 0.5) is 0 Å². The predicted molar refractivity (Wildman–Crippen MR) is 88.5 cm³/mol. The molecule has 3 unspecified atom stereocenters. The Hall–Kier alpha value is -0.530. The lowest BCUT2D eigenvalue weighted by Gasteiger charge is -2.28. The van der Waals surface area contributed by atoms with Crippen LogP contribution in [0.1, 0.15) is 50.7 Å². The average molecular weight is 294 g/mol. The molecule has 0 spiro atoms. The molecular formula is C18H28ClN. The third-order valence-corrected chi connectivity index (χ3v) is 5.10. The molecule has 1 aromatic carbocycles. The molecule has 2 heteroatoms. The number of halogens is 1. The maximum Gasteiger partial charge on any atom is 0.0441 e. The van der Waals surface area contributed by atoms with Gasteiger partial charge in [-0.1, -0.05) is 50.4 Å². The minimum atomic E-state index is 0.577. The highest BCUT2D eigenvalue weighted by Gasteiger charge is 2.30. The fourth-order valence-corrected chi connectivity index (χ4v) is 3.84. The molecule has 2 rings (SSSR count). The molecule has 20 heavy (non-hydrogen) atoms. The second-order valence-corrected chi connectivity index (χ2v) is 6.84. The van der Waals surface area contributed by atoms with Crippen LogP contribution in [0.25, 0.3) is 0 Å². The quantitative estimate of drug-likeness (QED) is 0.778. The van der Waals surface area contributed by atoms with Crippen LogP contribution < -0.4 is 5.32 Å². The first kappa shape index (κ1) is 15.9. The Morgan fingerprint density at radius 3 is 2.75 bits per heavy atom. The highest BCUT2D eigenvalue weighted by Crippen LogP contribution is 2.35. The number of aryl methyl sites for hydroxylation is 1. The topological polar surface area (TPSA) is 12.0 Å². The van der Waals surface area contributed by atoms with Crippen molar-refractivity contribution in [3.8, 4) is 0 Å². The molecule has 1 aliphatic rings. The summed E-state index contributed by atoms with van der Waals surface area (Å²) in [7, 11) is 0. The van der Waals surface area contributed by atoms with Gasteiger partial charge in [0.2, 0.25) is 0 Å². The van der Waals surface area contributed by atoms with E-state index in [9.17, 15) is 0 Å². The smallest absolute Gasteiger partial charge is 0.0441 e. The third-order valence-electron chi connectivity index (χ3n) is 4.75. The molecule has 1 fully saturated rings. The fraction of sp³-hybridized carbons (Fsp3) is 0.667. The van der Waals surface area contributed by atoms with Gasteiger partial charge in [-0.15, -0.1) is 0 Å². The Morgan fingerprint density at radius 1 is 1.35 bits per heavy atom. The van der Waals surface area contributed by atoms with Crippen LogP contribution in [0.15, 0.2) is 18.2 Å². The lowest BCUT2D eigenvalue weighted by Crippen LogP contribution is -2.39. The summed E-state index contributed by atoms with van der Waals surface area (Å²) in [5, 5.41) is 4.70. The Morgan fingerprint density at radius 2 is 2.15 bits per heavy atom. The van der Waals surface area contributed by atoms with E-state index in [2.05, 4.69) is 44.3 Å². The van der Waals surface area contributed by atoms with Gasteiger partial charge in [0.1, 0.15) is 0 Å². The minimum Gasteiger partial charge on any atom is -0.313 e. The highest BCUT2D eigenvalue weighted by molar-refractivity contribution is 6.31. The molecule has 0 amide bonds. The van der Waals surface area contributed by atoms with Crippen molar-refractivity contribution in [2.75, 3.05) is 6.54 Å². The molecule has 0 bridgehead atoms. The molecule has 0 radical (unpaired) electrons. The number of benzene rings is 1. The zero-order chi connectivity index (χ0) is 14.5. The molecular weight excluding hydrogens is 266 g/mol. The molecule has 1 nitrogen and oxygen atoms in total. The SMILES string of the molecule is CCCNC(Cc1ccc(C)cc1Cl)C1CCCC1C. The molecule has 0 heterocycles. The summed E-state index contributed by atoms with van der Waals surface area (Å²) in [5.41, 5.74) is 2.54. The molecule has 3 atom stereocenters. The van der Waals surface area contributed by atoms with Crippen molar-refractivity contribution in [3.05, 3.63) is 34.3 Å². The van der Waals surface area contributed by atoms with Crippen LogP contribution in [0.2, 0.25) is 5.02 Å². The monoisotopic (exact) mass is 293 g/mol. The van der Waals surface area contributed by atoms with Crippen LogP contribution in [-0.4, -0.2) is 12.6 Å². The van der Waals surface area contributed by atoms with E-state index in [1.165, 1.54) is 36.8 Å². The minimum absolute atomic E-state index is 0.577. The number of hydrogen-bond acceptors (Lipinski definition) is 1. The number of rotatable bonds is 6. The van der Waals surface area contributed by atoms with Gasteiger partial charge in [-0.2, -0.15) is 0 Å². The zero-order valence-electron chi connectivity index (χ0n) is 13.1. The van der Waals surface area contributed by atoms with Gasteiger partial charge < -0.3 is 5.32 Å². The van der Waals surface area contributed by atoms with E-state index in [0.717, 1.165) is 29.8 Å². The highest BCUT2D eigenvalue weighted by atomic mass is 35.5. The molecule has 0 aliphatic heterocycles. The first-order valence-corrected chi connectivity index (χ1v) is 8.48. The lowest BCUT2D eigenvalue weighted by atomic mass is 9.86. The van der Waals surface area contributed by atoms with Gasteiger partial charge >= 0.3 is 0 Å². The third kappa shape index (κ3) is 3.99. The summed E-state index contributed by atoms with van der Waals surface area (Å²) < 4.78 is 0. The van der Waals surface area contributed by atoms with Crippen molar-refractivity contribution < 1.29 is 0 Å². The predicted octanol–water partition coefficient (Wildman–Crippen LogP) is 5.00. The van der Waals surface area contributed by atoms with Gasteiger partial charge in [-0.05, 0) is 61.8 Å². The summed E-state index contributed by atoms with van der Waals surface area (Å²) in [6.07, 6.45) is 6.40. The van der Waals surface area contributed by atoms with Crippen molar-refractivity contribution in [3.63, 3.8) is 0 Å². The standard InChI is InChI=1S/C18H28ClN/c1-4-10-20-18(16-7-5-6-14(16)3)12-15-9-8-13(2)11-17(15)19/h8-9,11,14,16,18,20H,4-7,10,12H2,1-3H3. The molecule has 0 aromatic heterocycles. The van der Waals surface area contributed by atoms with Gasteiger partial charge in [-0.3, -0.25) is 0 Å². The summed E-state index contributed by atoms with van der Waals surface area (Å²) in [4.78, 5) is 0. The van der Waals surface area contributed by atoms with E-state index in [0.29, 0.717) is 6.04 Å². The van der Waals surface area contributed by atoms with E-state index in [1.807, 2.05) is 0 Å². The molecule has 1 N–H and O–H groups in total. The van der Waals surface area contributed by atoms with Crippen LogP contribution in [0, 0.1) is 18.8 Å². The Bertz CT molecular complexity index is 429. The van der Waals surface area contributed by atoms with E-state index < -0.39 is 0 Å². The largest absolute Gasteiger partial charge is 0.313 e. The van der Waals surface area contributed by atoms with Crippen LogP contribution in [-0.2, 0) is 6.42 Å². The van der Waals surface area contributed by atoms with Crippen molar-refractivity contribution in [2.24, 2.45) is 11.8 Å². The van der Waals surface area contributed by atoms with E-state index >= 15 is 0 Å². The van der Waals surface area contributed by atoms with E-state index in [4.69, 9.17) is 11.6 Å². The summed E-state index contributed by atoms with van der Waals surface area (Å²) in [6, 6.07) is 7.05. The van der Waals surface area contributed by atoms with Crippen LogP contribution >= 0.6 is 11.6 Å². The van der Waals surface area contributed by atoms with Crippen molar-refractivity contribution in [1.29, 1.82) is 0 Å². The maximum atomic E-state index is 6.42. The maximum absolute atomic E-state index is 6.42.